The number of imidazole rings is 1. The van der Waals surface area contributed by atoms with E-state index >= 15 is 0 Å². The number of aromatic amines is 1. The number of aryl methyl sites for hydroxylation is 1. The van der Waals surface area contributed by atoms with Crippen LogP contribution in [0, 0.1) is 11.7 Å². The zero-order valence-corrected chi connectivity index (χ0v) is 9.65. The lowest BCUT2D eigenvalue weighted by Gasteiger charge is -2.30. The van der Waals surface area contributed by atoms with Crippen LogP contribution >= 0.6 is 12.2 Å². The van der Waals surface area contributed by atoms with Gasteiger partial charge in [0.25, 0.3) is 0 Å². The molecule has 1 saturated heterocycles. The van der Waals surface area contributed by atoms with Crippen molar-refractivity contribution in [2.45, 2.75) is 38.8 Å². The lowest BCUT2D eigenvalue weighted by Crippen LogP contribution is -2.37. The van der Waals surface area contributed by atoms with Gasteiger partial charge in [0.1, 0.15) is 0 Å². The Hall–Kier alpha value is -0.610. The highest BCUT2D eigenvalue weighted by Gasteiger charge is 2.39. The van der Waals surface area contributed by atoms with Crippen molar-refractivity contribution < 1.29 is 4.74 Å². The van der Waals surface area contributed by atoms with Gasteiger partial charge in [0.05, 0.1) is 11.6 Å². The summed E-state index contributed by atoms with van der Waals surface area (Å²) in [4.78, 5) is 3.08. The first kappa shape index (κ1) is 9.93. The molecule has 1 N–H and O–H groups in total. The summed E-state index contributed by atoms with van der Waals surface area (Å²) in [5.74, 6) is 0. The van der Waals surface area contributed by atoms with Crippen LogP contribution in [0.25, 0.3) is 0 Å². The van der Waals surface area contributed by atoms with Gasteiger partial charge in [0.2, 0.25) is 0 Å². The number of nitrogens with zero attached hydrogens (tertiary/aromatic N) is 1. The highest BCUT2D eigenvalue weighted by atomic mass is 32.1. The van der Waals surface area contributed by atoms with Crippen LogP contribution in [-0.2, 0) is 10.3 Å². The standard InChI is InChI=1S/C10H16N2OS/c1-7-6-11-9(14)12(7)10(3)4-5-13-8(10)2/h6,8H,4-5H2,1-3H3,(H,11,14). The van der Waals surface area contributed by atoms with Crippen molar-refractivity contribution >= 4 is 12.2 Å². The van der Waals surface area contributed by atoms with E-state index in [4.69, 9.17) is 17.0 Å². The predicted molar refractivity (Wildman–Crippen MR) is 58.0 cm³/mol. The van der Waals surface area contributed by atoms with E-state index in [1.807, 2.05) is 6.20 Å². The number of hydrogen-bond donors (Lipinski definition) is 1. The fourth-order valence-corrected chi connectivity index (χ4v) is 2.62. The summed E-state index contributed by atoms with van der Waals surface area (Å²) < 4.78 is 8.60. The molecule has 0 spiro atoms. The van der Waals surface area contributed by atoms with Gasteiger partial charge in [-0.15, -0.1) is 0 Å². The van der Waals surface area contributed by atoms with Crippen LogP contribution in [0.15, 0.2) is 6.20 Å². The van der Waals surface area contributed by atoms with Gasteiger partial charge in [-0.25, -0.2) is 0 Å². The van der Waals surface area contributed by atoms with Gasteiger partial charge < -0.3 is 14.3 Å². The summed E-state index contributed by atoms with van der Waals surface area (Å²) in [6.07, 6.45) is 3.21. The topological polar surface area (TPSA) is 29.9 Å². The summed E-state index contributed by atoms with van der Waals surface area (Å²) >= 11 is 5.29. The molecule has 3 nitrogen and oxygen atoms in total. The van der Waals surface area contributed by atoms with E-state index < -0.39 is 0 Å². The van der Waals surface area contributed by atoms with Gasteiger partial charge in [0, 0.05) is 18.5 Å². The molecule has 0 aromatic carbocycles. The average Bonchev–Trinajstić information content (AvgIpc) is 2.60. The molecule has 2 atom stereocenters. The fourth-order valence-electron chi connectivity index (χ4n) is 2.21. The Kier molecular flexibility index (Phi) is 2.27. The maximum atomic E-state index is 5.62. The third-order valence-corrected chi connectivity index (χ3v) is 3.62. The van der Waals surface area contributed by atoms with E-state index in [9.17, 15) is 0 Å². The van der Waals surface area contributed by atoms with E-state index in [0.717, 1.165) is 17.8 Å². The SMILES string of the molecule is Cc1c[nH]c(=S)n1C1(C)CCOC1C. The van der Waals surface area contributed by atoms with Crippen LogP contribution in [0.3, 0.4) is 0 Å². The number of nitrogens with one attached hydrogen (secondary N) is 1. The summed E-state index contributed by atoms with van der Waals surface area (Å²) in [6, 6.07) is 0. The molecule has 0 saturated carbocycles. The third-order valence-electron chi connectivity index (χ3n) is 3.32. The first-order valence-electron chi connectivity index (χ1n) is 4.95. The molecule has 0 amide bonds. The molecular weight excluding hydrogens is 196 g/mol. The first-order valence-corrected chi connectivity index (χ1v) is 5.35. The largest absolute Gasteiger partial charge is 0.376 e. The molecule has 4 heteroatoms. The van der Waals surface area contributed by atoms with E-state index in [1.54, 1.807) is 0 Å². The lowest BCUT2D eigenvalue weighted by molar-refractivity contribution is 0.0746. The second-order valence-corrected chi connectivity index (χ2v) is 4.58. The van der Waals surface area contributed by atoms with Gasteiger partial charge in [-0.2, -0.15) is 0 Å². The second kappa shape index (κ2) is 3.21. The molecule has 2 heterocycles. The Balaban J connectivity index is 2.53. The molecular formula is C10H16N2OS. The molecule has 2 rings (SSSR count). The predicted octanol–water partition coefficient (Wildman–Crippen LogP) is 2.38. The molecule has 1 aromatic rings. The molecule has 1 fully saturated rings. The van der Waals surface area contributed by atoms with Gasteiger partial charge in [-0.3, -0.25) is 0 Å². The Morgan fingerprint density at radius 3 is 2.86 bits per heavy atom. The van der Waals surface area contributed by atoms with Gasteiger partial charge in [-0.05, 0) is 39.4 Å². The van der Waals surface area contributed by atoms with Crippen molar-refractivity contribution in [3.05, 3.63) is 16.7 Å². The van der Waals surface area contributed by atoms with Crippen molar-refractivity contribution in [1.82, 2.24) is 9.55 Å². The van der Waals surface area contributed by atoms with Crippen LogP contribution in [0.2, 0.25) is 0 Å². The monoisotopic (exact) mass is 212 g/mol. The molecule has 78 valence electrons. The van der Waals surface area contributed by atoms with Crippen molar-refractivity contribution in [3.8, 4) is 0 Å². The third kappa shape index (κ3) is 1.25. The van der Waals surface area contributed by atoms with E-state index in [1.165, 1.54) is 5.69 Å². The molecule has 0 radical (unpaired) electrons. The summed E-state index contributed by atoms with van der Waals surface area (Å²) in [7, 11) is 0. The number of hydrogen-bond acceptors (Lipinski definition) is 2. The number of aromatic nitrogens is 2. The number of ether oxygens (including phenoxy) is 1. The van der Waals surface area contributed by atoms with Crippen LogP contribution < -0.4 is 0 Å². The van der Waals surface area contributed by atoms with Gasteiger partial charge >= 0.3 is 0 Å². The molecule has 0 aliphatic carbocycles. The maximum absolute atomic E-state index is 5.62. The highest BCUT2D eigenvalue weighted by Crippen LogP contribution is 2.34. The second-order valence-electron chi connectivity index (χ2n) is 4.19. The Morgan fingerprint density at radius 2 is 2.43 bits per heavy atom. The Bertz CT molecular complexity index is 395. The maximum Gasteiger partial charge on any atom is 0.177 e. The van der Waals surface area contributed by atoms with E-state index in [0.29, 0.717) is 0 Å². The summed E-state index contributed by atoms with van der Waals surface area (Å²) in [5, 5.41) is 0. The average molecular weight is 212 g/mol. The molecule has 0 bridgehead atoms. The highest BCUT2D eigenvalue weighted by molar-refractivity contribution is 7.71. The van der Waals surface area contributed by atoms with Crippen molar-refractivity contribution in [3.63, 3.8) is 0 Å². The van der Waals surface area contributed by atoms with Crippen molar-refractivity contribution in [1.29, 1.82) is 0 Å². The number of rotatable bonds is 1. The lowest BCUT2D eigenvalue weighted by atomic mass is 9.94. The smallest absolute Gasteiger partial charge is 0.177 e. The van der Waals surface area contributed by atoms with Crippen LogP contribution in [0.1, 0.15) is 26.0 Å². The molecule has 14 heavy (non-hydrogen) atoms. The van der Waals surface area contributed by atoms with Crippen molar-refractivity contribution in [2.75, 3.05) is 6.61 Å². The van der Waals surface area contributed by atoms with E-state index in [2.05, 4.69) is 30.3 Å². The number of H-pyrrole nitrogens is 1. The van der Waals surface area contributed by atoms with Crippen LogP contribution in [0.4, 0.5) is 0 Å². The molecule has 1 aliphatic rings. The van der Waals surface area contributed by atoms with Crippen molar-refractivity contribution in [2.24, 2.45) is 0 Å². The first-order chi connectivity index (χ1) is 6.55. The van der Waals surface area contributed by atoms with E-state index in [-0.39, 0.29) is 11.6 Å². The summed E-state index contributed by atoms with van der Waals surface area (Å²) in [6.45, 7) is 7.22. The molecule has 1 aliphatic heterocycles. The van der Waals surface area contributed by atoms with Crippen LogP contribution in [0.5, 0.6) is 0 Å². The minimum Gasteiger partial charge on any atom is -0.376 e. The normalized spacial score (nSPS) is 32.4. The summed E-state index contributed by atoms with van der Waals surface area (Å²) in [5.41, 5.74) is 1.19. The van der Waals surface area contributed by atoms with Crippen LogP contribution in [-0.4, -0.2) is 22.3 Å². The quantitative estimate of drug-likeness (QED) is 0.724. The Morgan fingerprint density at radius 1 is 1.71 bits per heavy atom. The van der Waals surface area contributed by atoms with Gasteiger partial charge in [-0.1, -0.05) is 0 Å². The Labute approximate surface area is 89.1 Å². The molecule has 1 aromatic heterocycles. The van der Waals surface area contributed by atoms with Gasteiger partial charge in [0.15, 0.2) is 4.77 Å². The molecule has 2 unspecified atom stereocenters. The zero-order chi connectivity index (χ0) is 10.3. The minimum absolute atomic E-state index is 0.0150. The fraction of sp³-hybridized carbons (Fsp3) is 0.700. The zero-order valence-electron chi connectivity index (χ0n) is 8.83. The minimum atomic E-state index is 0.0150.